The quantitative estimate of drug-likeness (QED) is 0.495. The highest BCUT2D eigenvalue weighted by atomic mass is 79.9. The number of fused-ring (bicyclic) bond motifs is 1. The maximum Gasteiger partial charge on any atom is 0.260 e. The molecule has 25 heavy (non-hydrogen) atoms. The van der Waals surface area contributed by atoms with Crippen LogP contribution in [0.4, 0.5) is 0 Å². The number of thioether (sulfide) groups is 1. The average Bonchev–Trinajstić information content (AvgIpc) is 3.20. The molecule has 3 aromatic heterocycles. The molecule has 0 amide bonds. The predicted molar refractivity (Wildman–Crippen MR) is 102 cm³/mol. The topological polar surface area (TPSA) is 89.3 Å². The molecule has 0 aliphatic rings. The number of hydrogen-bond donors (Lipinski definition) is 1. The summed E-state index contributed by atoms with van der Waals surface area (Å²) in [7, 11) is 1.77. The summed E-state index contributed by atoms with van der Waals surface area (Å²) in [6.07, 6.45) is 0. The molecule has 0 aliphatic carbocycles. The van der Waals surface area contributed by atoms with E-state index in [1.165, 1.54) is 23.1 Å². The number of benzene rings is 1. The van der Waals surface area contributed by atoms with Crippen molar-refractivity contribution in [3.63, 3.8) is 0 Å². The Bertz CT molecular complexity index is 1100. The first-order chi connectivity index (χ1) is 12.1. The number of halogens is 1. The Morgan fingerprint density at radius 1 is 1.32 bits per heavy atom. The number of hydrogen-bond acceptors (Lipinski definition) is 7. The van der Waals surface area contributed by atoms with Gasteiger partial charge in [-0.25, -0.2) is 9.67 Å². The molecule has 0 atom stereocenters. The van der Waals surface area contributed by atoms with Crippen molar-refractivity contribution in [3.8, 4) is 11.1 Å². The molecule has 1 aromatic carbocycles. The molecular weight excluding hydrogens is 424 g/mol. The van der Waals surface area contributed by atoms with Gasteiger partial charge in [-0.15, -0.1) is 16.4 Å². The van der Waals surface area contributed by atoms with Gasteiger partial charge in [-0.2, -0.15) is 0 Å². The van der Waals surface area contributed by atoms with Crippen LogP contribution in [0.5, 0.6) is 0 Å². The van der Waals surface area contributed by atoms with Crippen LogP contribution in [0.2, 0.25) is 0 Å². The summed E-state index contributed by atoms with van der Waals surface area (Å²) in [5, 5.41) is 14.6. The van der Waals surface area contributed by atoms with E-state index >= 15 is 0 Å². The lowest BCUT2D eigenvalue weighted by Crippen LogP contribution is -2.10. The van der Waals surface area contributed by atoms with Gasteiger partial charge in [-0.05, 0) is 28.1 Å². The van der Waals surface area contributed by atoms with E-state index in [9.17, 15) is 4.79 Å². The highest BCUT2D eigenvalue weighted by molar-refractivity contribution is 9.10. The normalized spacial score (nSPS) is 11.3. The van der Waals surface area contributed by atoms with E-state index in [0.29, 0.717) is 22.1 Å². The third-order valence-electron chi connectivity index (χ3n) is 3.57. The SMILES string of the molecule is Cn1nnnc1SCc1nc2scc(-c3ccc(Br)cc3)c2c(=O)[nH]1. The molecule has 1 N–H and O–H groups in total. The number of nitrogens with one attached hydrogen (secondary N) is 1. The van der Waals surface area contributed by atoms with Gasteiger partial charge in [0.1, 0.15) is 10.7 Å². The number of rotatable bonds is 4. The molecule has 0 aliphatic heterocycles. The van der Waals surface area contributed by atoms with Crippen molar-refractivity contribution in [1.29, 1.82) is 0 Å². The van der Waals surface area contributed by atoms with Crippen LogP contribution in [0, 0.1) is 0 Å². The minimum atomic E-state index is -0.129. The molecule has 0 radical (unpaired) electrons. The number of thiophene rings is 1. The Hall–Kier alpha value is -2.04. The first kappa shape index (κ1) is 16.4. The lowest BCUT2D eigenvalue weighted by molar-refractivity contribution is 0.664. The molecule has 0 saturated heterocycles. The van der Waals surface area contributed by atoms with Crippen LogP contribution in [0.1, 0.15) is 5.82 Å². The van der Waals surface area contributed by atoms with E-state index in [4.69, 9.17) is 0 Å². The Labute approximate surface area is 158 Å². The third-order valence-corrected chi connectivity index (χ3v) is 5.99. The highest BCUT2D eigenvalue weighted by Gasteiger charge is 2.13. The highest BCUT2D eigenvalue weighted by Crippen LogP contribution is 2.31. The van der Waals surface area contributed by atoms with Crippen molar-refractivity contribution in [1.82, 2.24) is 30.2 Å². The lowest BCUT2D eigenvalue weighted by Gasteiger charge is -2.02. The van der Waals surface area contributed by atoms with Crippen LogP contribution in [-0.4, -0.2) is 30.2 Å². The van der Waals surface area contributed by atoms with E-state index in [-0.39, 0.29) is 5.56 Å². The fourth-order valence-corrected chi connectivity index (χ4v) is 4.33. The van der Waals surface area contributed by atoms with Crippen molar-refractivity contribution in [2.24, 2.45) is 7.05 Å². The average molecular weight is 435 g/mol. The Kier molecular flexibility index (Phi) is 4.40. The number of H-pyrrole nitrogens is 1. The van der Waals surface area contributed by atoms with E-state index in [2.05, 4.69) is 41.4 Å². The number of nitrogens with zero attached hydrogens (tertiary/aromatic N) is 5. The Balaban J connectivity index is 1.68. The number of aromatic amines is 1. The minimum absolute atomic E-state index is 0.129. The Morgan fingerprint density at radius 3 is 2.84 bits per heavy atom. The van der Waals surface area contributed by atoms with Gasteiger partial charge in [0, 0.05) is 22.5 Å². The third kappa shape index (κ3) is 3.24. The van der Waals surface area contributed by atoms with Crippen LogP contribution in [0.25, 0.3) is 21.3 Å². The van der Waals surface area contributed by atoms with E-state index in [1.54, 1.807) is 11.7 Å². The van der Waals surface area contributed by atoms with E-state index < -0.39 is 0 Å². The Morgan fingerprint density at radius 2 is 2.12 bits per heavy atom. The van der Waals surface area contributed by atoms with Crippen molar-refractivity contribution >= 4 is 49.2 Å². The maximum atomic E-state index is 12.6. The van der Waals surface area contributed by atoms with Gasteiger partial charge in [0.2, 0.25) is 5.16 Å². The first-order valence-corrected chi connectivity index (χ1v) is 9.89. The van der Waals surface area contributed by atoms with Crippen LogP contribution >= 0.6 is 39.0 Å². The second-order valence-electron chi connectivity index (χ2n) is 5.22. The number of tetrazole rings is 1. The number of aryl methyl sites for hydroxylation is 1. The molecule has 4 rings (SSSR count). The monoisotopic (exact) mass is 434 g/mol. The molecular formula is C15H11BrN6OS2. The summed E-state index contributed by atoms with van der Waals surface area (Å²) in [6.45, 7) is 0. The fourth-order valence-electron chi connectivity index (χ4n) is 2.38. The molecule has 3 heterocycles. The van der Waals surface area contributed by atoms with Gasteiger partial charge >= 0.3 is 0 Å². The zero-order chi connectivity index (χ0) is 17.4. The van der Waals surface area contributed by atoms with Crippen molar-refractivity contribution < 1.29 is 0 Å². The van der Waals surface area contributed by atoms with Gasteiger partial charge in [0.25, 0.3) is 5.56 Å². The molecule has 4 aromatic rings. The molecule has 0 unspecified atom stereocenters. The first-order valence-electron chi connectivity index (χ1n) is 7.23. The molecule has 0 spiro atoms. The molecule has 7 nitrogen and oxygen atoms in total. The van der Waals surface area contributed by atoms with Crippen LogP contribution in [0.3, 0.4) is 0 Å². The predicted octanol–water partition coefficient (Wildman–Crippen LogP) is 3.23. The largest absolute Gasteiger partial charge is 0.309 e. The van der Waals surface area contributed by atoms with Gasteiger partial charge in [-0.1, -0.05) is 39.8 Å². The molecule has 0 bridgehead atoms. The number of aromatic nitrogens is 6. The van der Waals surface area contributed by atoms with Crippen LogP contribution in [-0.2, 0) is 12.8 Å². The molecule has 126 valence electrons. The standard InChI is InChI=1S/C15H11BrN6OS2/c1-22-15(19-20-21-22)25-7-11-17-13(23)12-10(6-24-14(12)18-11)8-2-4-9(16)5-3-8/h2-6H,7H2,1H3,(H,17,18,23). The second-order valence-corrected chi connectivity index (χ2v) is 7.94. The molecule has 0 saturated carbocycles. The van der Waals surface area contributed by atoms with Gasteiger partial charge in [0.05, 0.1) is 11.1 Å². The zero-order valence-corrected chi connectivity index (χ0v) is 16.2. The summed E-state index contributed by atoms with van der Waals surface area (Å²) < 4.78 is 2.58. The summed E-state index contributed by atoms with van der Waals surface area (Å²) in [6, 6.07) is 7.88. The van der Waals surface area contributed by atoms with Crippen molar-refractivity contribution in [3.05, 3.63) is 50.3 Å². The molecule has 0 fully saturated rings. The van der Waals surface area contributed by atoms with Gasteiger partial charge in [0.15, 0.2) is 0 Å². The second kappa shape index (κ2) is 6.70. The zero-order valence-electron chi connectivity index (χ0n) is 12.9. The summed E-state index contributed by atoms with van der Waals surface area (Å²) >= 11 is 6.32. The summed E-state index contributed by atoms with van der Waals surface area (Å²) in [5.41, 5.74) is 1.77. The molecule has 10 heteroatoms. The lowest BCUT2D eigenvalue weighted by atomic mass is 10.1. The minimum Gasteiger partial charge on any atom is -0.309 e. The fraction of sp³-hybridized carbons (Fsp3) is 0.133. The van der Waals surface area contributed by atoms with Crippen molar-refractivity contribution in [2.75, 3.05) is 0 Å². The summed E-state index contributed by atoms with van der Waals surface area (Å²) in [5.74, 6) is 1.10. The van der Waals surface area contributed by atoms with Crippen LogP contribution in [0.15, 0.2) is 44.1 Å². The maximum absolute atomic E-state index is 12.6. The van der Waals surface area contributed by atoms with Crippen LogP contribution < -0.4 is 5.56 Å². The summed E-state index contributed by atoms with van der Waals surface area (Å²) in [4.78, 5) is 20.8. The smallest absolute Gasteiger partial charge is 0.260 e. The van der Waals surface area contributed by atoms with E-state index in [0.717, 1.165) is 20.4 Å². The van der Waals surface area contributed by atoms with Gasteiger partial charge in [-0.3, -0.25) is 4.79 Å². The van der Waals surface area contributed by atoms with Crippen molar-refractivity contribution in [2.45, 2.75) is 10.9 Å². The van der Waals surface area contributed by atoms with E-state index in [1.807, 2.05) is 29.6 Å². The van der Waals surface area contributed by atoms with Gasteiger partial charge < -0.3 is 4.98 Å².